The number of methoxy groups -OCH3 is 2. The molecule has 0 fully saturated rings. The summed E-state index contributed by atoms with van der Waals surface area (Å²) in [6.07, 6.45) is 2.06. The molecule has 2 aromatic carbocycles. The van der Waals surface area contributed by atoms with Crippen LogP contribution in [0.2, 0.25) is 0 Å². The average molecular weight is 384 g/mol. The first-order chi connectivity index (χ1) is 13.7. The van der Waals surface area contributed by atoms with Crippen molar-refractivity contribution < 1.29 is 23.7 Å². The molecule has 0 amide bonds. The molecule has 1 aliphatic rings. The molecule has 0 saturated heterocycles. The van der Waals surface area contributed by atoms with E-state index in [1.54, 1.807) is 14.2 Å². The molecule has 0 radical (unpaired) electrons. The van der Waals surface area contributed by atoms with Gasteiger partial charge >= 0.3 is 0 Å². The van der Waals surface area contributed by atoms with Crippen molar-refractivity contribution in [3.8, 4) is 11.5 Å². The molecular weight excluding hydrogens is 356 g/mol. The van der Waals surface area contributed by atoms with E-state index in [4.69, 9.17) is 23.7 Å². The van der Waals surface area contributed by atoms with Crippen molar-refractivity contribution in [2.75, 3.05) is 27.4 Å². The van der Waals surface area contributed by atoms with Crippen molar-refractivity contribution in [1.82, 2.24) is 0 Å². The first kappa shape index (κ1) is 20.2. The highest BCUT2D eigenvalue weighted by Crippen LogP contribution is 2.43. The zero-order chi connectivity index (χ0) is 19.9. The van der Waals surface area contributed by atoms with E-state index in [0.29, 0.717) is 31.1 Å². The lowest BCUT2D eigenvalue weighted by Crippen LogP contribution is -2.23. The van der Waals surface area contributed by atoms with Crippen molar-refractivity contribution in [1.29, 1.82) is 0 Å². The van der Waals surface area contributed by atoms with E-state index < -0.39 is 0 Å². The Labute approximate surface area is 166 Å². The molecule has 150 valence electrons. The van der Waals surface area contributed by atoms with E-state index >= 15 is 0 Å². The fourth-order valence-corrected chi connectivity index (χ4v) is 3.37. The maximum Gasteiger partial charge on any atom is 0.161 e. The lowest BCUT2D eigenvalue weighted by Gasteiger charge is -2.30. The van der Waals surface area contributed by atoms with Gasteiger partial charge in [0, 0.05) is 30.8 Å². The number of ether oxygens (including phenoxy) is 5. The molecule has 5 heteroatoms. The molecule has 0 bridgehead atoms. The Hall–Kier alpha value is -2.50. The SMILES string of the molecule is CCOC(CC1OC(c2ccccc2)=Cc2cc(OC)c(OC)cc21)OCC. The molecule has 0 aromatic heterocycles. The second-order valence-electron chi connectivity index (χ2n) is 6.39. The zero-order valence-corrected chi connectivity index (χ0v) is 16.9. The zero-order valence-electron chi connectivity index (χ0n) is 16.9. The Morgan fingerprint density at radius 3 is 2.18 bits per heavy atom. The third-order valence-corrected chi connectivity index (χ3v) is 4.66. The average Bonchev–Trinajstić information content (AvgIpc) is 2.73. The summed E-state index contributed by atoms with van der Waals surface area (Å²) >= 11 is 0. The Morgan fingerprint density at radius 2 is 1.57 bits per heavy atom. The van der Waals surface area contributed by atoms with Crippen molar-refractivity contribution in [3.63, 3.8) is 0 Å². The van der Waals surface area contributed by atoms with Crippen LogP contribution in [0.1, 0.15) is 43.1 Å². The molecule has 1 aliphatic heterocycles. The number of hydrogen-bond acceptors (Lipinski definition) is 5. The highest BCUT2D eigenvalue weighted by atomic mass is 16.7. The number of hydrogen-bond donors (Lipinski definition) is 0. The molecule has 1 heterocycles. The number of rotatable bonds is 9. The Morgan fingerprint density at radius 1 is 0.929 bits per heavy atom. The van der Waals surface area contributed by atoms with Gasteiger partial charge in [0.15, 0.2) is 17.8 Å². The summed E-state index contributed by atoms with van der Waals surface area (Å²) in [4.78, 5) is 0. The molecule has 5 nitrogen and oxygen atoms in total. The highest BCUT2D eigenvalue weighted by molar-refractivity contribution is 5.81. The highest BCUT2D eigenvalue weighted by Gasteiger charge is 2.28. The molecule has 0 saturated carbocycles. The van der Waals surface area contributed by atoms with Crippen LogP contribution in [0.15, 0.2) is 42.5 Å². The van der Waals surface area contributed by atoms with E-state index in [9.17, 15) is 0 Å². The van der Waals surface area contributed by atoms with Gasteiger partial charge in [0.2, 0.25) is 0 Å². The first-order valence-corrected chi connectivity index (χ1v) is 9.63. The monoisotopic (exact) mass is 384 g/mol. The summed E-state index contributed by atoms with van der Waals surface area (Å²) in [5.74, 6) is 2.18. The van der Waals surface area contributed by atoms with Gasteiger partial charge in [0.25, 0.3) is 0 Å². The third-order valence-electron chi connectivity index (χ3n) is 4.66. The van der Waals surface area contributed by atoms with Crippen LogP contribution in [-0.4, -0.2) is 33.7 Å². The fourth-order valence-electron chi connectivity index (χ4n) is 3.37. The first-order valence-electron chi connectivity index (χ1n) is 9.63. The normalized spacial score (nSPS) is 15.6. The quantitative estimate of drug-likeness (QED) is 0.565. The second kappa shape index (κ2) is 9.62. The van der Waals surface area contributed by atoms with Crippen LogP contribution in [0.4, 0.5) is 0 Å². The lowest BCUT2D eigenvalue weighted by atomic mass is 9.94. The summed E-state index contributed by atoms with van der Waals surface area (Å²) in [6, 6.07) is 14.0. The van der Waals surface area contributed by atoms with Crippen LogP contribution in [0.3, 0.4) is 0 Å². The molecule has 28 heavy (non-hydrogen) atoms. The Balaban J connectivity index is 2.02. The van der Waals surface area contributed by atoms with Gasteiger partial charge in [-0.25, -0.2) is 0 Å². The standard InChI is InChI=1S/C23H28O5/c1-5-26-23(27-6-2)15-20-18-14-22(25-4)21(24-3)13-17(18)12-19(28-20)16-10-8-7-9-11-16/h7-14,20,23H,5-6,15H2,1-4H3. The smallest absolute Gasteiger partial charge is 0.161 e. The number of benzene rings is 2. The van der Waals surface area contributed by atoms with Crippen LogP contribution in [0, 0.1) is 0 Å². The minimum atomic E-state index is -0.337. The molecule has 1 atom stereocenters. The largest absolute Gasteiger partial charge is 0.493 e. The van der Waals surface area contributed by atoms with Crippen LogP contribution in [0.25, 0.3) is 11.8 Å². The van der Waals surface area contributed by atoms with E-state index in [1.165, 1.54) is 0 Å². The van der Waals surface area contributed by atoms with Crippen molar-refractivity contribution >= 4 is 11.8 Å². The van der Waals surface area contributed by atoms with Crippen LogP contribution in [-0.2, 0) is 14.2 Å². The topological polar surface area (TPSA) is 46.2 Å². The van der Waals surface area contributed by atoms with E-state index in [1.807, 2.05) is 62.4 Å². The van der Waals surface area contributed by atoms with E-state index in [-0.39, 0.29) is 12.4 Å². The van der Waals surface area contributed by atoms with Gasteiger partial charge in [-0.15, -0.1) is 0 Å². The van der Waals surface area contributed by atoms with Gasteiger partial charge in [-0.3, -0.25) is 0 Å². The van der Waals surface area contributed by atoms with Crippen LogP contribution >= 0.6 is 0 Å². The van der Waals surface area contributed by atoms with Gasteiger partial charge in [-0.1, -0.05) is 30.3 Å². The minimum absolute atomic E-state index is 0.224. The summed E-state index contributed by atoms with van der Waals surface area (Å²) in [6.45, 7) is 5.09. The predicted molar refractivity (Wildman–Crippen MR) is 109 cm³/mol. The van der Waals surface area contributed by atoms with Crippen LogP contribution in [0.5, 0.6) is 11.5 Å². The lowest BCUT2D eigenvalue weighted by molar-refractivity contribution is -0.152. The van der Waals surface area contributed by atoms with Crippen molar-refractivity contribution in [3.05, 3.63) is 59.2 Å². The fraction of sp³-hybridized carbons (Fsp3) is 0.391. The molecule has 3 rings (SSSR count). The molecule has 0 N–H and O–H groups in total. The van der Waals surface area contributed by atoms with Crippen LogP contribution < -0.4 is 9.47 Å². The molecule has 0 aliphatic carbocycles. The summed E-state index contributed by atoms with van der Waals surface area (Å²) in [5.41, 5.74) is 3.10. The minimum Gasteiger partial charge on any atom is -0.493 e. The van der Waals surface area contributed by atoms with E-state index in [0.717, 1.165) is 22.4 Å². The maximum absolute atomic E-state index is 6.40. The summed E-state index contributed by atoms with van der Waals surface area (Å²) in [7, 11) is 3.28. The maximum atomic E-state index is 6.40. The van der Waals surface area contributed by atoms with Gasteiger partial charge in [0.1, 0.15) is 11.9 Å². The third kappa shape index (κ3) is 4.49. The molecule has 0 spiro atoms. The van der Waals surface area contributed by atoms with Gasteiger partial charge < -0.3 is 23.7 Å². The summed E-state index contributed by atoms with van der Waals surface area (Å²) in [5, 5.41) is 0. The molecular formula is C23H28O5. The summed E-state index contributed by atoms with van der Waals surface area (Å²) < 4.78 is 28.9. The van der Waals surface area contributed by atoms with Crippen molar-refractivity contribution in [2.45, 2.75) is 32.7 Å². The molecule has 1 unspecified atom stereocenters. The molecule has 2 aromatic rings. The van der Waals surface area contributed by atoms with Gasteiger partial charge in [-0.05, 0) is 37.6 Å². The predicted octanol–water partition coefficient (Wildman–Crippen LogP) is 5.06. The van der Waals surface area contributed by atoms with Gasteiger partial charge in [0.05, 0.1) is 14.2 Å². The second-order valence-corrected chi connectivity index (χ2v) is 6.39. The number of fused-ring (bicyclic) bond motifs is 1. The van der Waals surface area contributed by atoms with Gasteiger partial charge in [-0.2, -0.15) is 0 Å². The Bertz CT molecular complexity index is 794. The van der Waals surface area contributed by atoms with Crippen molar-refractivity contribution in [2.24, 2.45) is 0 Å². The Kier molecular flexibility index (Phi) is 6.95. The van der Waals surface area contributed by atoms with E-state index in [2.05, 4.69) is 0 Å².